The minimum absolute atomic E-state index is 0.172. The van der Waals surface area contributed by atoms with Gasteiger partial charge in [-0.2, -0.15) is 0 Å². The number of hydrogen-bond acceptors (Lipinski definition) is 3. The summed E-state index contributed by atoms with van der Waals surface area (Å²) in [5.74, 6) is -0.172. The van der Waals surface area contributed by atoms with Crippen molar-refractivity contribution in [2.24, 2.45) is 0 Å². The van der Waals surface area contributed by atoms with Gasteiger partial charge in [0.1, 0.15) is 5.69 Å². The first-order chi connectivity index (χ1) is 8.19. The van der Waals surface area contributed by atoms with Gasteiger partial charge in [0.2, 0.25) is 0 Å². The predicted molar refractivity (Wildman–Crippen MR) is 65.1 cm³/mol. The monoisotopic (exact) mass is 254 g/mol. The number of ether oxygens (including phenoxy) is 1. The number of halogens is 1. The number of nitrogens with one attached hydrogen (secondary N) is 1. The summed E-state index contributed by atoms with van der Waals surface area (Å²) in [6.45, 7) is 0. The third-order valence-electron chi connectivity index (χ3n) is 3.01. The summed E-state index contributed by atoms with van der Waals surface area (Å²) in [4.78, 5) is 15.9. The van der Waals surface area contributed by atoms with Gasteiger partial charge in [0, 0.05) is 24.4 Å². The first kappa shape index (κ1) is 12.3. The molecular weight excluding hydrogens is 240 g/mol. The zero-order chi connectivity index (χ0) is 12.3. The largest absolute Gasteiger partial charge is 0.381 e. The van der Waals surface area contributed by atoms with Gasteiger partial charge in [-0.05, 0) is 31.4 Å². The van der Waals surface area contributed by atoms with Crippen molar-refractivity contribution in [2.45, 2.75) is 31.4 Å². The van der Waals surface area contributed by atoms with Crippen LogP contribution in [-0.4, -0.2) is 30.1 Å². The predicted octanol–water partition coefficient (Wildman–Crippen LogP) is 2.03. The standard InChI is InChI=1S/C12H15ClN2O2/c1-17-10-3-2-9(7-10)15-12(16)11-6-8(13)4-5-14-11/h4-6,9-10H,2-3,7H2,1H3,(H,15,16). The van der Waals surface area contributed by atoms with E-state index in [1.807, 2.05) is 0 Å². The molecule has 1 aliphatic carbocycles. The average Bonchev–Trinajstić information content (AvgIpc) is 2.77. The third kappa shape index (κ3) is 3.17. The van der Waals surface area contributed by atoms with Gasteiger partial charge in [-0.15, -0.1) is 0 Å². The minimum Gasteiger partial charge on any atom is -0.381 e. The molecule has 5 heteroatoms. The van der Waals surface area contributed by atoms with Crippen LogP contribution in [0.3, 0.4) is 0 Å². The SMILES string of the molecule is COC1CCC(NC(=O)c2cc(Cl)ccn2)C1. The van der Waals surface area contributed by atoms with E-state index in [4.69, 9.17) is 16.3 Å². The molecule has 0 bridgehead atoms. The lowest BCUT2D eigenvalue weighted by atomic mass is 10.2. The number of rotatable bonds is 3. The highest BCUT2D eigenvalue weighted by Gasteiger charge is 2.26. The van der Waals surface area contributed by atoms with Crippen LogP contribution in [0.25, 0.3) is 0 Å². The van der Waals surface area contributed by atoms with E-state index in [1.54, 1.807) is 19.2 Å². The van der Waals surface area contributed by atoms with Crippen LogP contribution in [-0.2, 0) is 4.74 Å². The fraction of sp³-hybridized carbons (Fsp3) is 0.500. The Morgan fingerprint density at radius 1 is 1.59 bits per heavy atom. The van der Waals surface area contributed by atoms with Crippen LogP contribution in [0.5, 0.6) is 0 Å². The molecule has 0 aromatic carbocycles. The van der Waals surface area contributed by atoms with E-state index < -0.39 is 0 Å². The van der Waals surface area contributed by atoms with Crippen molar-refractivity contribution in [3.8, 4) is 0 Å². The topological polar surface area (TPSA) is 51.2 Å². The maximum Gasteiger partial charge on any atom is 0.270 e. The smallest absolute Gasteiger partial charge is 0.270 e. The van der Waals surface area contributed by atoms with Crippen molar-refractivity contribution < 1.29 is 9.53 Å². The van der Waals surface area contributed by atoms with Crippen LogP contribution in [0.4, 0.5) is 0 Å². The van der Waals surface area contributed by atoms with Crippen LogP contribution < -0.4 is 5.32 Å². The second-order valence-electron chi connectivity index (χ2n) is 4.20. The van der Waals surface area contributed by atoms with Crippen molar-refractivity contribution in [1.82, 2.24) is 10.3 Å². The Bertz CT molecular complexity index is 411. The highest BCUT2D eigenvalue weighted by atomic mass is 35.5. The minimum atomic E-state index is -0.172. The third-order valence-corrected chi connectivity index (χ3v) is 3.24. The lowest BCUT2D eigenvalue weighted by Crippen LogP contribution is -2.33. The van der Waals surface area contributed by atoms with Gasteiger partial charge < -0.3 is 10.1 Å². The number of hydrogen-bond donors (Lipinski definition) is 1. The quantitative estimate of drug-likeness (QED) is 0.898. The Labute approximate surface area is 105 Å². The summed E-state index contributed by atoms with van der Waals surface area (Å²) < 4.78 is 5.26. The number of aromatic nitrogens is 1. The van der Waals surface area contributed by atoms with Gasteiger partial charge in [-0.1, -0.05) is 11.6 Å². The van der Waals surface area contributed by atoms with Crippen molar-refractivity contribution in [3.05, 3.63) is 29.0 Å². The number of carbonyl (C=O) groups excluding carboxylic acids is 1. The van der Waals surface area contributed by atoms with Crippen molar-refractivity contribution in [2.75, 3.05) is 7.11 Å². The summed E-state index contributed by atoms with van der Waals surface area (Å²) in [6.07, 6.45) is 4.59. The molecule has 0 aliphatic heterocycles. The molecule has 2 unspecified atom stereocenters. The van der Waals surface area contributed by atoms with Gasteiger partial charge in [-0.3, -0.25) is 9.78 Å². The molecule has 1 aromatic rings. The maximum absolute atomic E-state index is 11.9. The summed E-state index contributed by atoms with van der Waals surface area (Å²) in [5.41, 5.74) is 0.360. The summed E-state index contributed by atoms with van der Waals surface area (Å²) in [6, 6.07) is 3.39. The number of nitrogens with zero attached hydrogens (tertiary/aromatic N) is 1. The van der Waals surface area contributed by atoms with E-state index in [9.17, 15) is 4.79 Å². The highest BCUT2D eigenvalue weighted by Crippen LogP contribution is 2.21. The molecule has 0 spiro atoms. The van der Waals surface area contributed by atoms with Gasteiger partial charge in [-0.25, -0.2) is 0 Å². The molecule has 0 radical (unpaired) electrons. The number of pyridine rings is 1. The van der Waals surface area contributed by atoms with Crippen LogP contribution in [0.15, 0.2) is 18.3 Å². The van der Waals surface area contributed by atoms with Crippen LogP contribution in [0.1, 0.15) is 29.8 Å². The zero-order valence-electron chi connectivity index (χ0n) is 9.65. The average molecular weight is 255 g/mol. The molecule has 17 heavy (non-hydrogen) atoms. The first-order valence-corrected chi connectivity index (χ1v) is 6.02. The molecule has 1 N–H and O–H groups in total. The molecule has 1 saturated carbocycles. The lowest BCUT2D eigenvalue weighted by Gasteiger charge is -2.12. The van der Waals surface area contributed by atoms with E-state index in [0.717, 1.165) is 19.3 Å². The van der Waals surface area contributed by atoms with Crippen LogP contribution >= 0.6 is 11.6 Å². The van der Waals surface area contributed by atoms with Crippen molar-refractivity contribution in [3.63, 3.8) is 0 Å². The second-order valence-corrected chi connectivity index (χ2v) is 4.64. The fourth-order valence-corrected chi connectivity index (χ4v) is 2.23. The Morgan fingerprint density at radius 3 is 3.06 bits per heavy atom. The van der Waals surface area contributed by atoms with Gasteiger partial charge >= 0.3 is 0 Å². The Kier molecular flexibility index (Phi) is 3.97. The van der Waals surface area contributed by atoms with E-state index in [1.165, 1.54) is 6.20 Å². The van der Waals surface area contributed by atoms with Crippen LogP contribution in [0, 0.1) is 0 Å². The van der Waals surface area contributed by atoms with E-state index in [0.29, 0.717) is 10.7 Å². The van der Waals surface area contributed by atoms with E-state index >= 15 is 0 Å². The van der Waals surface area contributed by atoms with E-state index in [-0.39, 0.29) is 18.1 Å². The van der Waals surface area contributed by atoms with Crippen LogP contribution in [0.2, 0.25) is 5.02 Å². The first-order valence-electron chi connectivity index (χ1n) is 5.64. The molecule has 1 aromatic heterocycles. The number of amides is 1. The van der Waals surface area contributed by atoms with E-state index in [2.05, 4.69) is 10.3 Å². The number of methoxy groups -OCH3 is 1. The molecule has 1 amide bonds. The molecule has 4 nitrogen and oxygen atoms in total. The Morgan fingerprint density at radius 2 is 2.41 bits per heavy atom. The molecule has 92 valence electrons. The van der Waals surface area contributed by atoms with Gasteiger partial charge in [0.05, 0.1) is 6.10 Å². The molecule has 1 heterocycles. The molecule has 1 fully saturated rings. The zero-order valence-corrected chi connectivity index (χ0v) is 10.4. The second kappa shape index (κ2) is 5.47. The Hall–Kier alpha value is -1.13. The molecule has 0 saturated heterocycles. The van der Waals surface area contributed by atoms with Crippen molar-refractivity contribution in [1.29, 1.82) is 0 Å². The van der Waals surface area contributed by atoms with Crippen molar-refractivity contribution >= 4 is 17.5 Å². The number of carbonyl (C=O) groups is 1. The molecular formula is C12H15ClN2O2. The Balaban J connectivity index is 1.94. The fourth-order valence-electron chi connectivity index (χ4n) is 2.07. The highest BCUT2D eigenvalue weighted by molar-refractivity contribution is 6.30. The summed E-state index contributed by atoms with van der Waals surface area (Å²) >= 11 is 5.81. The summed E-state index contributed by atoms with van der Waals surface area (Å²) in [5, 5.41) is 3.47. The van der Waals surface area contributed by atoms with Gasteiger partial charge in [0.15, 0.2) is 0 Å². The maximum atomic E-state index is 11.9. The molecule has 2 rings (SSSR count). The molecule has 1 aliphatic rings. The van der Waals surface area contributed by atoms with Gasteiger partial charge in [0.25, 0.3) is 5.91 Å². The molecule has 2 atom stereocenters. The lowest BCUT2D eigenvalue weighted by molar-refractivity contribution is 0.0910. The normalized spacial score (nSPS) is 23.6. The summed E-state index contributed by atoms with van der Waals surface area (Å²) in [7, 11) is 1.70.